The number of hydrogen-bond acceptors (Lipinski definition) is 8. The van der Waals surface area contributed by atoms with E-state index < -0.39 is 0 Å². The SMILES string of the molecule is Nc1ccccc1NC(=O)c1ccc(OCCNC(=O)c2cc3c(OCCN4CCOCC4)cccc3o2)cc1. The zero-order chi connectivity index (χ0) is 27.7. The Morgan fingerprint density at radius 3 is 2.50 bits per heavy atom. The molecule has 0 aliphatic carbocycles. The topological polar surface area (TPSA) is 128 Å². The van der Waals surface area contributed by atoms with E-state index in [2.05, 4.69) is 15.5 Å². The van der Waals surface area contributed by atoms with E-state index in [4.69, 9.17) is 24.4 Å². The quantitative estimate of drug-likeness (QED) is 0.192. The van der Waals surface area contributed by atoms with E-state index in [9.17, 15) is 9.59 Å². The van der Waals surface area contributed by atoms with Crippen LogP contribution in [0.5, 0.6) is 11.5 Å². The molecular weight excluding hydrogens is 512 g/mol. The molecule has 40 heavy (non-hydrogen) atoms. The average molecular weight is 545 g/mol. The van der Waals surface area contributed by atoms with E-state index in [1.165, 1.54) is 0 Å². The van der Waals surface area contributed by atoms with Crippen molar-refractivity contribution in [1.82, 2.24) is 10.2 Å². The van der Waals surface area contributed by atoms with Crippen LogP contribution in [0.3, 0.4) is 0 Å². The summed E-state index contributed by atoms with van der Waals surface area (Å²) in [5.74, 6) is 0.849. The van der Waals surface area contributed by atoms with Crippen molar-refractivity contribution in [2.24, 2.45) is 0 Å². The van der Waals surface area contributed by atoms with Crippen LogP contribution in [0.2, 0.25) is 0 Å². The summed E-state index contributed by atoms with van der Waals surface area (Å²) in [6, 6.07) is 21.0. The summed E-state index contributed by atoms with van der Waals surface area (Å²) in [4.78, 5) is 27.5. The molecule has 4 N–H and O–H groups in total. The minimum Gasteiger partial charge on any atom is -0.492 e. The van der Waals surface area contributed by atoms with Crippen molar-refractivity contribution in [3.05, 3.63) is 84.1 Å². The summed E-state index contributed by atoms with van der Waals surface area (Å²) in [5.41, 5.74) is 7.99. The minimum atomic E-state index is -0.341. The average Bonchev–Trinajstić information content (AvgIpc) is 3.43. The number of carbonyl (C=O) groups excluding carboxylic acids is 2. The van der Waals surface area contributed by atoms with Gasteiger partial charge in [0, 0.05) is 31.3 Å². The molecule has 5 rings (SSSR count). The van der Waals surface area contributed by atoms with Crippen LogP contribution in [0.4, 0.5) is 11.4 Å². The van der Waals surface area contributed by atoms with E-state index >= 15 is 0 Å². The predicted molar refractivity (Wildman–Crippen MR) is 152 cm³/mol. The van der Waals surface area contributed by atoms with E-state index in [0.717, 1.165) is 38.2 Å². The Labute approximate surface area is 232 Å². The Morgan fingerprint density at radius 2 is 1.70 bits per heavy atom. The van der Waals surface area contributed by atoms with Gasteiger partial charge in [0.05, 0.1) is 36.5 Å². The van der Waals surface area contributed by atoms with Crippen LogP contribution in [0.15, 0.2) is 77.2 Å². The number of nitrogens with two attached hydrogens (primary N) is 1. The zero-order valence-electron chi connectivity index (χ0n) is 22.1. The van der Waals surface area contributed by atoms with Gasteiger partial charge >= 0.3 is 0 Å². The van der Waals surface area contributed by atoms with Crippen LogP contribution >= 0.6 is 0 Å². The monoisotopic (exact) mass is 544 g/mol. The lowest BCUT2D eigenvalue weighted by Gasteiger charge is -2.26. The number of amides is 2. The van der Waals surface area contributed by atoms with Crippen molar-refractivity contribution in [2.45, 2.75) is 0 Å². The minimum absolute atomic E-state index is 0.202. The van der Waals surface area contributed by atoms with Crippen molar-refractivity contribution in [1.29, 1.82) is 0 Å². The summed E-state index contributed by atoms with van der Waals surface area (Å²) in [5, 5.41) is 6.35. The van der Waals surface area contributed by atoms with Crippen molar-refractivity contribution in [2.75, 3.05) is 63.7 Å². The molecule has 4 aromatic rings. The Kier molecular flexibility index (Phi) is 8.79. The molecule has 1 fully saturated rings. The lowest BCUT2D eigenvalue weighted by molar-refractivity contribution is 0.0323. The van der Waals surface area contributed by atoms with Crippen LogP contribution in [0.1, 0.15) is 20.9 Å². The number of fused-ring (bicyclic) bond motifs is 1. The van der Waals surface area contributed by atoms with Crippen molar-refractivity contribution < 1.29 is 28.2 Å². The van der Waals surface area contributed by atoms with Crippen LogP contribution in [0.25, 0.3) is 11.0 Å². The molecule has 1 aliphatic heterocycles. The molecule has 0 unspecified atom stereocenters. The van der Waals surface area contributed by atoms with E-state index in [1.54, 1.807) is 54.6 Å². The molecule has 0 atom stereocenters. The second kappa shape index (κ2) is 13.0. The largest absolute Gasteiger partial charge is 0.492 e. The zero-order valence-corrected chi connectivity index (χ0v) is 22.1. The predicted octanol–water partition coefficient (Wildman–Crippen LogP) is 3.79. The summed E-state index contributed by atoms with van der Waals surface area (Å²) in [6.07, 6.45) is 0. The van der Waals surface area contributed by atoms with Crippen LogP contribution in [-0.4, -0.2) is 69.3 Å². The van der Waals surface area contributed by atoms with Gasteiger partial charge < -0.3 is 35.0 Å². The van der Waals surface area contributed by atoms with Gasteiger partial charge in [-0.25, -0.2) is 0 Å². The number of anilines is 2. The second-order valence-electron chi connectivity index (χ2n) is 9.25. The van der Waals surface area contributed by atoms with Crippen molar-refractivity contribution in [3.8, 4) is 11.5 Å². The Bertz CT molecular complexity index is 1450. The van der Waals surface area contributed by atoms with Gasteiger partial charge in [0.1, 0.15) is 30.3 Å². The fraction of sp³-hybridized carbons (Fsp3) is 0.267. The first-order valence-electron chi connectivity index (χ1n) is 13.2. The van der Waals surface area contributed by atoms with Crippen molar-refractivity contribution >= 4 is 34.2 Å². The number of furan rings is 1. The number of nitrogen functional groups attached to an aromatic ring is 1. The van der Waals surface area contributed by atoms with Gasteiger partial charge in [-0.15, -0.1) is 0 Å². The maximum Gasteiger partial charge on any atom is 0.287 e. The highest BCUT2D eigenvalue weighted by atomic mass is 16.5. The first-order valence-corrected chi connectivity index (χ1v) is 13.2. The molecule has 208 valence electrons. The van der Waals surface area contributed by atoms with Crippen LogP contribution < -0.4 is 25.8 Å². The highest BCUT2D eigenvalue weighted by Gasteiger charge is 2.16. The molecule has 0 spiro atoms. The van der Waals surface area contributed by atoms with E-state index in [-0.39, 0.29) is 30.7 Å². The normalized spacial score (nSPS) is 13.6. The second-order valence-corrected chi connectivity index (χ2v) is 9.25. The van der Waals surface area contributed by atoms with Gasteiger partial charge in [-0.05, 0) is 48.5 Å². The molecule has 0 saturated carbocycles. The van der Waals surface area contributed by atoms with Crippen LogP contribution in [-0.2, 0) is 4.74 Å². The third kappa shape index (κ3) is 6.90. The molecule has 10 heteroatoms. The maximum atomic E-state index is 12.7. The fourth-order valence-corrected chi connectivity index (χ4v) is 4.31. The molecule has 0 bridgehead atoms. The lowest BCUT2D eigenvalue weighted by atomic mass is 10.2. The summed E-state index contributed by atoms with van der Waals surface area (Å²) in [6.45, 7) is 5.16. The first kappa shape index (κ1) is 27.0. The molecular formula is C30H32N4O6. The summed E-state index contributed by atoms with van der Waals surface area (Å²) < 4.78 is 22.8. The number of nitrogens with one attached hydrogen (secondary N) is 2. The van der Waals surface area contributed by atoms with Gasteiger partial charge in [0.15, 0.2) is 5.76 Å². The number of rotatable bonds is 11. The summed E-state index contributed by atoms with van der Waals surface area (Å²) in [7, 11) is 0. The molecule has 1 aromatic heterocycles. The number of carbonyl (C=O) groups is 2. The van der Waals surface area contributed by atoms with Gasteiger partial charge in [0.2, 0.25) is 0 Å². The third-order valence-electron chi connectivity index (χ3n) is 6.50. The molecule has 1 aliphatic rings. The highest BCUT2D eigenvalue weighted by Crippen LogP contribution is 2.29. The number of hydrogen-bond donors (Lipinski definition) is 3. The molecule has 3 aromatic carbocycles. The Morgan fingerprint density at radius 1 is 0.900 bits per heavy atom. The van der Waals surface area contributed by atoms with Gasteiger partial charge in [-0.1, -0.05) is 18.2 Å². The Balaban J connectivity index is 1.07. The molecule has 1 saturated heterocycles. The van der Waals surface area contributed by atoms with Crippen molar-refractivity contribution in [3.63, 3.8) is 0 Å². The number of benzene rings is 3. The standard InChI is InChI=1S/C30H32N4O6/c31-24-4-1-2-5-25(24)33-29(35)21-8-10-22(11-9-21)38-16-12-32-30(36)28-20-23-26(6-3-7-27(23)40-28)39-19-15-34-13-17-37-18-14-34/h1-11,20H,12-19,31H2,(H,32,36)(H,33,35). The fourth-order valence-electron chi connectivity index (χ4n) is 4.31. The van der Waals surface area contributed by atoms with E-state index in [0.29, 0.717) is 40.6 Å². The molecule has 10 nitrogen and oxygen atoms in total. The van der Waals surface area contributed by atoms with Gasteiger partial charge in [0.25, 0.3) is 11.8 Å². The highest BCUT2D eigenvalue weighted by molar-refractivity contribution is 6.05. The Hall–Kier alpha value is -4.54. The van der Waals surface area contributed by atoms with Crippen LogP contribution in [0, 0.1) is 0 Å². The lowest BCUT2D eigenvalue weighted by Crippen LogP contribution is -2.38. The smallest absolute Gasteiger partial charge is 0.287 e. The number of morpholine rings is 1. The molecule has 2 heterocycles. The summed E-state index contributed by atoms with van der Waals surface area (Å²) >= 11 is 0. The number of para-hydroxylation sites is 2. The van der Waals surface area contributed by atoms with Gasteiger partial charge in [-0.2, -0.15) is 0 Å². The molecule has 0 radical (unpaired) electrons. The van der Waals surface area contributed by atoms with E-state index in [1.807, 2.05) is 18.2 Å². The third-order valence-corrected chi connectivity index (χ3v) is 6.50. The number of ether oxygens (including phenoxy) is 3. The maximum absolute atomic E-state index is 12.7. The number of nitrogens with zero attached hydrogens (tertiary/aromatic N) is 1. The first-order chi connectivity index (χ1) is 19.6. The molecule has 2 amide bonds. The van der Waals surface area contributed by atoms with Gasteiger partial charge in [-0.3, -0.25) is 14.5 Å².